The van der Waals surface area contributed by atoms with Gasteiger partial charge in [0, 0.05) is 12.1 Å². The van der Waals surface area contributed by atoms with Crippen molar-refractivity contribution >= 4 is 22.1 Å². The van der Waals surface area contributed by atoms with Gasteiger partial charge in [0.1, 0.15) is 0 Å². The van der Waals surface area contributed by atoms with E-state index < -0.39 is 22.5 Å². The minimum atomic E-state index is -3.94. The molecule has 9 heteroatoms. The molecule has 0 radical (unpaired) electrons. The Balaban J connectivity index is 1.81. The number of methoxy groups -OCH3 is 2. The highest BCUT2D eigenvalue weighted by atomic mass is 32.2. The smallest absolute Gasteiger partial charge is 0.255 e. The number of hydrazone groups is 1. The fraction of sp³-hybridized carbons (Fsp3) is 0.231. The molecule has 0 heterocycles. The van der Waals surface area contributed by atoms with Crippen LogP contribution in [0.4, 0.5) is 0 Å². The maximum Gasteiger partial charge on any atom is 0.255 e. The van der Waals surface area contributed by atoms with Gasteiger partial charge in [-0.1, -0.05) is 53.6 Å². The van der Waals surface area contributed by atoms with Gasteiger partial charge in [-0.15, -0.1) is 0 Å². The number of sulfonamides is 1. The molecule has 0 fully saturated rings. The molecule has 35 heavy (non-hydrogen) atoms. The Kier molecular flexibility index (Phi) is 8.62. The van der Waals surface area contributed by atoms with Crippen LogP contribution in [0.3, 0.4) is 0 Å². The summed E-state index contributed by atoms with van der Waals surface area (Å²) in [6.45, 7) is 3.44. The number of benzene rings is 3. The zero-order chi connectivity index (χ0) is 25.4. The van der Waals surface area contributed by atoms with Crippen LogP contribution in [0, 0.1) is 13.8 Å². The van der Waals surface area contributed by atoms with Gasteiger partial charge in [0.05, 0.1) is 31.9 Å². The third kappa shape index (κ3) is 6.68. The maximum absolute atomic E-state index is 13.4. The maximum atomic E-state index is 13.4. The predicted molar refractivity (Wildman–Crippen MR) is 135 cm³/mol. The SMILES string of the molecule is COc1cccc(/C=N\NC(=O)CN(Cc2cccc(C)c2)S(=O)(=O)c2ccc(C)cc2)c1OC. The van der Waals surface area contributed by atoms with E-state index >= 15 is 0 Å². The number of hydrogen-bond donors (Lipinski definition) is 1. The van der Waals surface area contributed by atoms with Gasteiger partial charge in [-0.3, -0.25) is 4.79 Å². The first-order valence-corrected chi connectivity index (χ1v) is 12.3. The Morgan fingerprint density at radius 3 is 2.34 bits per heavy atom. The quantitative estimate of drug-likeness (QED) is 0.342. The molecule has 0 saturated carbocycles. The Labute approximate surface area is 206 Å². The summed E-state index contributed by atoms with van der Waals surface area (Å²) in [7, 11) is -0.904. The van der Waals surface area contributed by atoms with Crippen LogP contribution < -0.4 is 14.9 Å². The number of nitrogens with zero attached hydrogens (tertiary/aromatic N) is 2. The van der Waals surface area contributed by atoms with E-state index in [4.69, 9.17) is 9.47 Å². The van der Waals surface area contributed by atoms with E-state index in [1.165, 1.54) is 20.4 Å². The number of carbonyl (C=O) groups excluding carboxylic acids is 1. The van der Waals surface area contributed by atoms with E-state index in [-0.39, 0.29) is 11.4 Å². The Hall–Kier alpha value is -3.69. The van der Waals surface area contributed by atoms with Crippen molar-refractivity contribution in [2.24, 2.45) is 5.10 Å². The van der Waals surface area contributed by atoms with Crippen LogP contribution in [-0.4, -0.2) is 45.6 Å². The topological polar surface area (TPSA) is 97.3 Å². The van der Waals surface area contributed by atoms with Crippen molar-refractivity contribution < 1.29 is 22.7 Å². The van der Waals surface area contributed by atoms with E-state index in [1.54, 1.807) is 42.5 Å². The second-order valence-corrected chi connectivity index (χ2v) is 9.89. The molecule has 0 aliphatic heterocycles. The first kappa shape index (κ1) is 25.9. The zero-order valence-corrected chi connectivity index (χ0v) is 21.0. The van der Waals surface area contributed by atoms with E-state index in [2.05, 4.69) is 10.5 Å². The minimum absolute atomic E-state index is 0.0404. The standard InChI is InChI=1S/C26H29N3O5S/c1-19-11-13-23(14-12-19)35(31,32)29(17-21-8-5-7-20(2)15-21)18-25(30)28-27-16-22-9-6-10-24(33-3)26(22)34-4/h5-16H,17-18H2,1-4H3,(H,28,30)/b27-16-. The number of rotatable bonds is 10. The van der Waals surface area contributed by atoms with Crippen molar-refractivity contribution in [3.05, 3.63) is 89.0 Å². The van der Waals surface area contributed by atoms with E-state index in [0.29, 0.717) is 17.1 Å². The molecule has 3 aromatic rings. The van der Waals surface area contributed by atoms with Crippen LogP contribution in [0.25, 0.3) is 0 Å². The lowest BCUT2D eigenvalue weighted by molar-refractivity contribution is -0.121. The summed E-state index contributed by atoms with van der Waals surface area (Å²) < 4.78 is 38.5. The first-order valence-electron chi connectivity index (χ1n) is 10.9. The van der Waals surface area contributed by atoms with Gasteiger partial charge >= 0.3 is 0 Å². The number of amides is 1. The molecule has 0 bridgehead atoms. The highest BCUT2D eigenvalue weighted by Crippen LogP contribution is 2.29. The summed E-state index contributed by atoms with van der Waals surface area (Å²) in [5, 5.41) is 3.98. The van der Waals surface area contributed by atoms with E-state index in [1.807, 2.05) is 38.1 Å². The summed E-state index contributed by atoms with van der Waals surface area (Å²) in [4.78, 5) is 12.8. The molecule has 1 amide bonds. The molecule has 8 nitrogen and oxygen atoms in total. The number of aryl methyl sites for hydroxylation is 2. The molecule has 0 unspecified atom stereocenters. The summed E-state index contributed by atoms with van der Waals surface area (Å²) in [5.41, 5.74) is 5.71. The lowest BCUT2D eigenvalue weighted by Crippen LogP contribution is -2.39. The van der Waals surface area contributed by atoms with E-state index in [0.717, 1.165) is 21.0 Å². The van der Waals surface area contributed by atoms with Crippen molar-refractivity contribution in [2.45, 2.75) is 25.3 Å². The zero-order valence-electron chi connectivity index (χ0n) is 20.2. The van der Waals surface area contributed by atoms with Gasteiger partial charge in [-0.25, -0.2) is 13.8 Å². The van der Waals surface area contributed by atoms with Crippen molar-refractivity contribution in [1.82, 2.24) is 9.73 Å². The monoisotopic (exact) mass is 495 g/mol. The fourth-order valence-corrected chi connectivity index (χ4v) is 4.87. The molecule has 0 aliphatic rings. The predicted octanol–water partition coefficient (Wildman–Crippen LogP) is 3.66. The van der Waals surface area contributed by atoms with Gasteiger partial charge in [0.25, 0.3) is 5.91 Å². The van der Waals surface area contributed by atoms with Crippen LogP contribution in [0.1, 0.15) is 22.3 Å². The number of para-hydroxylation sites is 1. The van der Waals surface area contributed by atoms with E-state index in [9.17, 15) is 13.2 Å². The summed E-state index contributed by atoms with van der Waals surface area (Å²) >= 11 is 0. The third-order valence-corrected chi connectivity index (χ3v) is 7.05. The molecular formula is C26H29N3O5S. The average molecular weight is 496 g/mol. The summed E-state index contributed by atoms with van der Waals surface area (Å²) in [6.07, 6.45) is 1.42. The molecule has 0 atom stereocenters. The second-order valence-electron chi connectivity index (χ2n) is 7.95. The van der Waals surface area contributed by atoms with Gasteiger partial charge in [-0.2, -0.15) is 9.41 Å². The number of nitrogens with one attached hydrogen (secondary N) is 1. The Bertz CT molecular complexity index is 1300. The first-order chi connectivity index (χ1) is 16.7. The lowest BCUT2D eigenvalue weighted by Gasteiger charge is -2.22. The highest BCUT2D eigenvalue weighted by molar-refractivity contribution is 7.89. The molecule has 0 spiro atoms. The third-order valence-electron chi connectivity index (χ3n) is 5.25. The summed E-state index contributed by atoms with van der Waals surface area (Å²) in [6, 6.07) is 19.3. The molecular weight excluding hydrogens is 466 g/mol. The van der Waals surface area contributed by atoms with Crippen LogP contribution in [-0.2, 0) is 21.4 Å². The molecule has 0 saturated heterocycles. The minimum Gasteiger partial charge on any atom is -0.493 e. The fourth-order valence-electron chi connectivity index (χ4n) is 3.48. The Morgan fingerprint density at radius 1 is 0.971 bits per heavy atom. The van der Waals surface area contributed by atoms with Gasteiger partial charge in [0.2, 0.25) is 10.0 Å². The number of hydrogen-bond acceptors (Lipinski definition) is 6. The lowest BCUT2D eigenvalue weighted by atomic mass is 10.1. The molecule has 1 N–H and O–H groups in total. The summed E-state index contributed by atoms with van der Waals surface area (Å²) in [5.74, 6) is 0.416. The normalized spacial score (nSPS) is 11.6. The molecule has 3 aromatic carbocycles. The Morgan fingerprint density at radius 2 is 1.69 bits per heavy atom. The average Bonchev–Trinajstić information content (AvgIpc) is 2.83. The number of ether oxygens (including phenoxy) is 2. The molecule has 3 rings (SSSR count). The molecule has 0 aromatic heterocycles. The van der Waals surface area contributed by atoms with Gasteiger partial charge in [0.15, 0.2) is 11.5 Å². The second kappa shape index (κ2) is 11.6. The van der Waals surface area contributed by atoms with Crippen molar-refractivity contribution in [2.75, 3.05) is 20.8 Å². The van der Waals surface area contributed by atoms with Gasteiger partial charge in [-0.05, 0) is 43.7 Å². The molecule has 184 valence electrons. The van der Waals surface area contributed by atoms with Crippen LogP contribution in [0.15, 0.2) is 76.7 Å². The van der Waals surface area contributed by atoms with Crippen LogP contribution in [0.2, 0.25) is 0 Å². The molecule has 0 aliphatic carbocycles. The number of carbonyl (C=O) groups is 1. The van der Waals surface area contributed by atoms with Crippen molar-refractivity contribution in [3.8, 4) is 11.5 Å². The van der Waals surface area contributed by atoms with Crippen molar-refractivity contribution in [3.63, 3.8) is 0 Å². The van der Waals surface area contributed by atoms with Crippen LogP contribution >= 0.6 is 0 Å². The van der Waals surface area contributed by atoms with Gasteiger partial charge < -0.3 is 9.47 Å². The van der Waals surface area contributed by atoms with Crippen molar-refractivity contribution in [1.29, 1.82) is 0 Å². The largest absolute Gasteiger partial charge is 0.493 e. The highest BCUT2D eigenvalue weighted by Gasteiger charge is 2.27. The van der Waals surface area contributed by atoms with Crippen LogP contribution in [0.5, 0.6) is 11.5 Å².